The Balaban J connectivity index is 2.08. The fraction of sp³-hybridized carbons (Fsp3) is 0.389. The third-order valence-corrected chi connectivity index (χ3v) is 4.01. The van der Waals surface area contributed by atoms with Gasteiger partial charge in [-0.25, -0.2) is 0 Å². The van der Waals surface area contributed by atoms with Gasteiger partial charge in [0, 0.05) is 17.8 Å². The molecule has 0 aliphatic rings. The number of nitrogens with one attached hydrogen (secondary N) is 1. The number of aromatic nitrogens is 1. The van der Waals surface area contributed by atoms with E-state index in [9.17, 15) is 5.11 Å². The van der Waals surface area contributed by atoms with Gasteiger partial charge in [0.15, 0.2) is 0 Å². The Morgan fingerprint density at radius 2 is 2.00 bits per heavy atom. The lowest BCUT2D eigenvalue weighted by Gasteiger charge is -2.25. The zero-order chi connectivity index (χ0) is 16.1. The summed E-state index contributed by atoms with van der Waals surface area (Å²) in [5.74, 6) is 0.375. The Hall–Kier alpha value is -1.42. The molecule has 0 aliphatic carbocycles. The predicted molar refractivity (Wildman–Crippen MR) is 91.0 cm³/mol. The second-order valence-corrected chi connectivity index (χ2v) is 6.34. The lowest BCUT2D eigenvalue weighted by molar-refractivity contribution is 0.165. The number of pyridine rings is 1. The first-order valence-corrected chi connectivity index (χ1v) is 7.95. The first-order chi connectivity index (χ1) is 10.5. The summed E-state index contributed by atoms with van der Waals surface area (Å²) in [5.41, 5.74) is 3.02. The van der Waals surface area contributed by atoms with E-state index in [1.54, 1.807) is 12.1 Å². The molecule has 4 heteroatoms. The SMILES string of the molecule is Cc1cccnc1C(NCC(O)c1cccc(Cl)c1)C(C)C. The molecule has 22 heavy (non-hydrogen) atoms. The van der Waals surface area contributed by atoms with Crippen molar-refractivity contribution < 1.29 is 5.11 Å². The number of nitrogens with zero attached hydrogens (tertiary/aromatic N) is 1. The third kappa shape index (κ3) is 4.29. The quantitative estimate of drug-likeness (QED) is 0.844. The Morgan fingerprint density at radius 1 is 1.23 bits per heavy atom. The molecule has 2 unspecified atom stereocenters. The van der Waals surface area contributed by atoms with Crippen LogP contribution in [0.1, 0.15) is 42.8 Å². The smallest absolute Gasteiger partial charge is 0.0915 e. The van der Waals surface area contributed by atoms with Crippen molar-refractivity contribution in [1.82, 2.24) is 10.3 Å². The molecule has 2 rings (SSSR count). The van der Waals surface area contributed by atoms with E-state index >= 15 is 0 Å². The molecule has 0 bridgehead atoms. The molecule has 2 atom stereocenters. The van der Waals surface area contributed by atoms with Gasteiger partial charge in [-0.3, -0.25) is 4.98 Å². The topological polar surface area (TPSA) is 45.2 Å². The van der Waals surface area contributed by atoms with Crippen LogP contribution in [0.2, 0.25) is 5.02 Å². The van der Waals surface area contributed by atoms with Gasteiger partial charge in [0.1, 0.15) is 0 Å². The van der Waals surface area contributed by atoms with E-state index in [1.165, 1.54) is 0 Å². The van der Waals surface area contributed by atoms with Crippen molar-refractivity contribution in [1.29, 1.82) is 0 Å². The number of rotatable bonds is 6. The van der Waals surface area contributed by atoms with Crippen LogP contribution >= 0.6 is 11.6 Å². The number of halogens is 1. The second kappa shape index (κ2) is 7.73. The van der Waals surface area contributed by atoms with Crippen molar-refractivity contribution in [3.63, 3.8) is 0 Å². The number of benzene rings is 1. The number of hydrogen-bond donors (Lipinski definition) is 2. The maximum absolute atomic E-state index is 10.4. The monoisotopic (exact) mass is 318 g/mol. The van der Waals surface area contributed by atoms with E-state index in [-0.39, 0.29) is 6.04 Å². The summed E-state index contributed by atoms with van der Waals surface area (Å²) in [7, 11) is 0. The molecule has 0 spiro atoms. The lowest BCUT2D eigenvalue weighted by atomic mass is 9.97. The van der Waals surface area contributed by atoms with Crippen molar-refractivity contribution >= 4 is 11.6 Å². The van der Waals surface area contributed by atoms with Crippen LogP contribution in [0.3, 0.4) is 0 Å². The van der Waals surface area contributed by atoms with Gasteiger partial charge in [0.25, 0.3) is 0 Å². The van der Waals surface area contributed by atoms with E-state index in [0.29, 0.717) is 17.5 Å². The Labute approximate surface area is 137 Å². The van der Waals surface area contributed by atoms with Crippen LogP contribution in [0.5, 0.6) is 0 Å². The predicted octanol–water partition coefficient (Wildman–Crippen LogP) is 4.06. The van der Waals surface area contributed by atoms with Crippen molar-refractivity contribution in [2.24, 2.45) is 5.92 Å². The number of aryl methyl sites for hydroxylation is 1. The molecule has 0 fully saturated rings. The fourth-order valence-corrected chi connectivity index (χ4v) is 2.74. The average Bonchev–Trinajstić information content (AvgIpc) is 2.48. The van der Waals surface area contributed by atoms with Gasteiger partial charge in [0.05, 0.1) is 17.8 Å². The standard InChI is InChI=1S/C18H23ClN2O/c1-12(2)17(18-13(3)6-5-9-20-18)21-11-16(22)14-7-4-8-15(19)10-14/h4-10,12,16-17,21-22H,11H2,1-3H3. The summed E-state index contributed by atoms with van der Waals surface area (Å²) < 4.78 is 0. The highest BCUT2D eigenvalue weighted by molar-refractivity contribution is 6.30. The molecule has 0 saturated heterocycles. The average molecular weight is 319 g/mol. The molecule has 1 aromatic heterocycles. The summed E-state index contributed by atoms with van der Waals surface area (Å²) in [5, 5.41) is 14.4. The molecule has 2 N–H and O–H groups in total. The maximum Gasteiger partial charge on any atom is 0.0915 e. The minimum atomic E-state index is -0.594. The minimum absolute atomic E-state index is 0.107. The Kier molecular flexibility index (Phi) is 5.95. The van der Waals surface area contributed by atoms with Crippen LogP contribution in [0, 0.1) is 12.8 Å². The first-order valence-electron chi connectivity index (χ1n) is 7.57. The maximum atomic E-state index is 10.4. The summed E-state index contributed by atoms with van der Waals surface area (Å²) in [6.45, 7) is 6.82. The fourth-order valence-electron chi connectivity index (χ4n) is 2.54. The first kappa shape index (κ1) is 16.9. The summed E-state index contributed by atoms with van der Waals surface area (Å²) in [6.07, 6.45) is 1.22. The number of hydrogen-bond acceptors (Lipinski definition) is 3. The molecular weight excluding hydrogens is 296 g/mol. The van der Waals surface area contributed by atoms with E-state index < -0.39 is 6.10 Å². The van der Waals surface area contributed by atoms with Gasteiger partial charge in [-0.15, -0.1) is 0 Å². The van der Waals surface area contributed by atoms with Gasteiger partial charge >= 0.3 is 0 Å². The zero-order valence-electron chi connectivity index (χ0n) is 13.3. The van der Waals surface area contributed by atoms with Crippen LogP contribution in [-0.2, 0) is 0 Å². The molecule has 0 radical (unpaired) electrons. The van der Waals surface area contributed by atoms with Crippen LogP contribution in [0.4, 0.5) is 0 Å². The minimum Gasteiger partial charge on any atom is -0.387 e. The normalized spacial score (nSPS) is 14.1. The van der Waals surface area contributed by atoms with Crippen LogP contribution in [0.25, 0.3) is 0 Å². The van der Waals surface area contributed by atoms with Gasteiger partial charge in [-0.1, -0.05) is 43.6 Å². The van der Waals surface area contributed by atoms with E-state index in [2.05, 4.69) is 37.1 Å². The Morgan fingerprint density at radius 3 is 2.64 bits per heavy atom. The van der Waals surface area contributed by atoms with Gasteiger partial charge < -0.3 is 10.4 Å². The summed E-state index contributed by atoms with van der Waals surface area (Å²) >= 11 is 5.98. The second-order valence-electron chi connectivity index (χ2n) is 5.91. The lowest BCUT2D eigenvalue weighted by Crippen LogP contribution is -2.31. The molecular formula is C18H23ClN2O. The largest absolute Gasteiger partial charge is 0.387 e. The molecule has 2 aromatic rings. The number of aliphatic hydroxyl groups excluding tert-OH is 1. The third-order valence-electron chi connectivity index (χ3n) is 3.78. The van der Waals surface area contributed by atoms with Crippen molar-refractivity contribution in [3.8, 4) is 0 Å². The van der Waals surface area contributed by atoms with Crippen LogP contribution < -0.4 is 5.32 Å². The molecule has 1 heterocycles. The van der Waals surface area contributed by atoms with Crippen molar-refractivity contribution in [2.45, 2.75) is 32.9 Å². The summed E-state index contributed by atoms with van der Waals surface area (Å²) in [4.78, 5) is 4.50. The number of aliphatic hydroxyl groups is 1. The van der Waals surface area contributed by atoms with Crippen molar-refractivity contribution in [3.05, 3.63) is 64.4 Å². The highest BCUT2D eigenvalue weighted by Gasteiger charge is 2.20. The van der Waals surface area contributed by atoms with Crippen LogP contribution in [-0.4, -0.2) is 16.6 Å². The summed E-state index contributed by atoms with van der Waals surface area (Å²) in [6, 6.07) is 11.4. The van der Waals surface area contributed by atoms with E-state index in [0.717, 1.165) is 16.8 Å². The molecule has 0 saturated carbocycles. The molecule has 0 amide bonds. The zero-order valence-corrected chi connectivity index (χ0v) is 14.0. The molecule has 0 aliphatic heterocycles. The van der Waals surface area contributed by atoms with Gasteiger partial charge in [0.2, 0.25) is 0 Å². The molecule has 118 valence electrons. The molecule has 3 nitrogen and oxygen atoms in total. The highest BCUT2D eigenvalue weighted by atomic mass is 35.5. The van der Waals surface area contributed by atoms with E-state index in [1.807, 2.05) is 24.4 Å². The van der Waals surface area contributed by atoms with Crippen LogP contribution in [0.15, 0.2) is 42.6 Å². The van der Waals surface area contributed by atoms with Gasteiger partial charge in [-0.2, -0.15) is 0 Å². The highest BCUT2D eigenvalue weighted by Crippen LogP contribution is 2.24. The Bertz CT molecular complexity index is 616. The van der Waals surface area contributed by atoms with E-state index in [4.69, 9.17) is 11.6 Å². The molecule has 1 aromatic carbocycles. The van der Waals surface area contributed by atoms with Crippen molar-refractivity contribution in [2.75, 3.05) is 6.54 Å². The van der Waals surface area contributed by atoms with Gasteiger partial charge in [-0.05, 0) is 42.2 Å².